The topological polar surface area (TPSA) is 111 Å². The van der Waals surface area contributed by atoms with E-state index in [4.69, 9.17) is 0 Å². The van der Waals surface area contributed by atoms with Gasteiger partial charge in [0, 0.05) is 12.4 Å². The maximum absolute atomic E-state index is 12.5. The van der Waals surface area contributed by atoms with Gasteiger partial charge in [0.25, 0.3) is 0 Å². The second-order valence-corrected chi connectivity index (χ2v) is 7.79. The second-order valence-electron chi connectivity index (χ2n) is 7.79. The van der Waals surface area contributed by atoms with E-state index < -0.39 is 23.9 Å². The van der Waals surface area contributed by atoms with Crippen LogP contribution in [0.25, 0.3) is 0 Å². The zero-order chi connectivity index (χ0) is 23.0. The molecule has 0 spiro atoms. The van der Waals surface area contributed by atoms with E-state index in [1.165, 1.54) is 11.1 Å². The number of rotatable bonds is 9. The Morgan fingerprint density at radius 3 is 2.29 bits per heavy atom. The number of hydrogen-bond donors (Lipinski definition) is 3. The molecule has 9 nitrogen and oxygen atoms in total. The molecule has 4 amide bonds. The van der Waals surface area contributed by atoms with E-state index in [9.17, 15) is 19.2 Å². The first-order valence-corrected chi connectivity index (χ1v) is 10.3. The largest absolute Gasteiger partial charge is 0.345 e. The van der Waals surface area contributed by atoms with Gasteiger partial charge in [-0.25, -0.2) is 0 Å². The molecule has 168 valence electrons. The van der Waals surface area contributed by atoms with Crippen LogP contribution in [-0.4, -0.2) is 65.6 Å². The van der Waals surface area contributed by atoms with Crippen LogP contribution in [0.5, 0.6) is 0 Å². The van der Waals surface area contributed by atoms with E-state index in [1.54, 1.807) is 25.1 Å². The molecule has 1 aliphatic heterocycles. The van der Waals surface area contributed by atoms with Crippen molar-refractivity contribution in [2.24, 2.45) is 5.92 Å². The van der Waals surface area contributed by atoms with Gasteiger partial charge in [0.1, 0.15) is 12.6 Å². The minimum atomic E-state index is -0.768. The average molecular weight is 430 g/mol. The van der Waals surface area contributed by atoms with E-state index >= 15 is 0 Å². The molecule has 0 saturated carbocycles. The van der Waals surface area contributed by atoms with Gasteiger partial charge < -0.3 is 25.8 Å². The molecular formula is C22H31N5O4. The molecule has 1 aromatic carbocycles. The molecule has 0 bridgehead atoms. The quantitative estimate of drug-likeness (QED) is 0.519. The van der Waals surface area contributed by atoms with Crippen molar-refractivity contribution in [3.05, 3.63) is 48.3 Å². The molecule has 31 heavy (non-hydrogen) atoms. The SMILES string of the molecule is CN[C@@H](C)C(=O)N[C@H](C(=O)NCC(=O)N1C=CN(Cc2ccccc2)C(=O)C1)C(C)C. The molecule has 0 unspecified atom stereocenters. The zero-order valence-corrected chi connectivity index (χ0v) is 18.4. The lowest BCUT2D eigenvalue weighted by molar-refractivity contribution is -0.139. The van der Waals surface area contributed by atoms with E-state index in [1.807, 2.05) is 44.2 Å². The van der Waals surface area contributed by atoms with Gasteiger partial charge >= 0.3 is 0 Å². The molecule has 1 aliphatic rings. The van der Waals surface area contributed by atoms with Crippen molar-refractivity contribution < 1.29 is 19.2 Å². The van der Waals surface area contributed by atoms with Crippen molar-refractivity contribution in [1.29, 1.82) is 0 Å². The number of benzene rings is 1. The summed E-state index contributed by atoms with van der Waals surface area (Å²) in [5.41, 5.74) is 0.988. The number of carbonyl (C=O) groups excluding carboxylic acids is 4. The van der Waals surface area contributed by atoms with Gasteiger partial charge in [0.2, 0.25) is 23.6 Å². The molecule has 3 N–H and O–H groups in total. The lowest BCUT2D eigenvalue weighted by Gasteiger charge is -2.29. The Hall–Kier alpha value is -3.20. The predicted molar refractivity (Wildman–Crippen MR) is 116 cm³/mol. The van der Waals surface area contributed by atoms with Crippen molar-refractivity contribution in [2.75, 3.05) is 20.1 Å². The Balaban J connectivity index is 1.89. The minimum Gasteiger partial charge on any atom is -0.345 e. The Kier molecular flexibility index (Phi) is 8.75. The molecule has 0 fully saturated rings. The van der Waals surface area contributed by atoms with Gasteiger partial charge in [-0.15, -0.1) is 0 Å². The smallest absolute Gasteiger partial charge is 0.246 e. The molecule has 0 radical (unpaired) electrons. The first kappa shape index (κ1) is 24.1. The van der Waals surface area contributed by atoms with E-state index in [0.717, 1.165) is 5.56 Å². The fraction of sp³-hybridized carbons (Fsp3) is 0.455. The Labute approximate surface area is 182 Å². The van der Waals surface area contributed by atoms with Gasteiger partial charge in [0.15, 0.2) is 0 Å². The van der Waals surface area contributed by atoms with Crippen LogP contribution in [0.4, 0.5) is 0 Å². The lowest BCUT2D eigenvalue weighted by Crippen LogP contribution is -2.55. The van der Waals surface area contributed by atoms with Crippen LogP contribution >= 0.6 is 0 Å². The number of likely N-dealkylation sites (N-methyl/N-ethyl adjacent to an activating group) is 1. The summed E-state index contributed by atoms with van der Waals surface area (Å²) in [6.45, 7) is 5.37. The number of nitrogens with zero attached hydrogens (tertiary/aromatic N) is 2. The molecule has 2 rings (SSSR count). The number of nitrogens with one attached hydrogen (secondary N) is 3. The third kappa shape index (κ3) is 6.92. The highest BCUT2D eigenvalue weighted by molar-refractivity contribution is 5.93. The predicted octanol–water partition coefficient (Wildman–Crippen LogP) is 0.194. The van der Waals surface area contributed by atoms with Crippen LogP contribution in [0.1, 0.15) is 26.3 Å². The zero-order valence-electron chi connectivity index (χ0n) is 18.4. The van der Waals surface area contributed by atoms with E-state index in [2.05, 4.69) is 16.0 Å². The molecule has 0 saturated heterocycles. The highest BCUT2D eigenvalue weighted by Crippen LogP contribution is 2.11. The van der Waals surface area contributed by atoms with Crippen molar-refractivity contribution in [3.8, 4) is 0 Å². The van der Waals surface area contributed by atoms with Gasteiger partial charge in [-0.1, -0.05) is 44.2 Å². The molecule has 2 atom stereocenters. The Bertz CT molecular complexity index is 824. The number of amides is 4. The van der Waals surface area contributed by atoms with Crippen LogP contribution in [0.15, 0.2) is 42.7 Å². The summed E-state index contributed by atoms with van der Waals surface area (Å²) in [6, 6.07) is 8.35. The molecule has 0 aliphatic carbocycles. The summed E-state index contributed by atoms with van der Waals surface area (Å²) < 4.78 is 0. The number of carbonyl (C=O) groups is 4. The standard InChI is InChI=1S/C22H31N5O4/c1-15(2)20(25-21(30)16(3)23-4)22(31)24-12-18(28)27-11-10-26(19(29)14-27)13-17-8-6-5-7-9-17/h5-11,15-16,20,23H,12-14H2,1-4H3,(H,24,31)(H,25,30)/t16-,20-/m0/s1. The molecule has 1 heterocycles. The average Bonchev–Trinajstić information content (AvgIpc) is 2.76. The molecular weight excluding hydrogens is 398 g/mol. The summed E-state index contributed by atoms with van der Waals surface area (Å²) >= 11 is 0. The van der Waals surface area contributed by atoms with Crippen LogP contribution in [0.3, 0.4) is 0 Å². The molecule has 1 aromatic rings. The van der Waals surface area contributed by atoms with Crippen LogP contribution in [0, 0.1) is 5.92 Å². The molecule has 0 aromatic heterocycles. The first-order valence-electron chi connectivity index (χ1n) is 10.3. The Morgan fingerprint density at radius 2 is 1.71 bits per heavy atom. The summed E-state index contributed by atoms with van der Waals surface area (Å²) in [4.78, 5) is 52.3. The second kappa shape index (κ2) is 11.3. The van der Waals surface area contributed by atoms with Crippen LogP contribution in [-0.2, 0) is 25.7 Å². The normalized spacial score (nSPS) is 15.6. The maximum Gasteiger partial charge on any atom is 0.246 e. The van der Waals surface area contributed by atoms with Gasteiger partial charge in [-0.2, -0.15) is 0 Å². The van der Waals surface area contributed by atoms with Crippen molar-refractivity contribution in [2.45, 2.75) is 39.4 Å². The summed E-state index contributed by atoms with van der Waals surface area (Å²) in [5, 5.41) is 8.07. The summed E-state index contributed by atoms with van der Waals surface area (Å²) in [6.07, 6.45) is 3.10. The third-order valence-corrected chi connectivity index (χ3v) is 5.06. The van der Waals surface area contributed by atoms with Crippen molar-refractivity contribution in [3.63, 3.8) is 0 Å². The van der Waals surface area contributed by atoms with Crippen molar-refractivity contribution in [1.82, 2.24) is 25.8 Å². The summed E-state index contributed by atoms with van der Waals surface area (Å²) in [5.74, 6) is -1.52. The molecule has 9 heteroatoms. The minimum absolute atomic E-state index is 0.0952. The third-order valence-electron chi connectivity index (χ3n) is 5.06. The van der Waals surface area contributed by atoms with Crippen molar-refractivity contribution >= 4 is 23.6 Å². The van der Waals surface area contributed by atoms with Gasteiger partial charge in [-0.3, -0.25) is 19.2 Å². The first-order chi connectivity index (χ1) is 14.7. The Morgan fingerprint density at radius 1 is 1.03 bits per heavy atom. The van der Waals surface area contributed by atoms with Crippen LogP contribution < -0.4 is 16.0 Å². The maximum atomic E-state index is 12.5. The number of hydrogen-bond acceptors (Lipinski definition) is 5. The fourth-order valence-corrected chi connectivity index (χ4v) is 2.94. The van der Waals surface area contributed by atoms with Gasteiger partial charge in [0.05, 0.1) is 19.1 Å². The van der Waals surface area contributed by atoms with Crippen LogP contribution in [0.2, 0.25) is 0 Å². The monoisotopic (exact) mass is 429 g/mol. The fourth-order valence-electron chi connectivity index (χ4n) is 2.94. The summed E-state index contributed by atoms with van der Waals surface area (Å²) in [7, 11) is 1.65. The highest BCUT2D eigenvalue weighted by Gasteiger charge is 2.28. The van der Waals surface area contributed by atoms with Gasteiger partial charge in [-0.05, 0) is 25.5 Å². The van der Waals surface area contributed by atoms with E-state index in [-0.39, 0.29) is 30.8 Å². The lowest BCUT2D eigenvalue weighted by atomic mass is 10.0. The highest BCUT2D eigenvalue weighted by atomic mass is 16.2. The van der Waals surface area contributed by atoms with E-state index in [0.29, 0.717) is 6.54 Å².